The van der Waals surface area contributed by atoms with Crippen LogP contribution in [0.25, 0.3) is 0 Å². The third-order valence-corrected chi connectivity index (χ3v) is 9.94. The van der Waals surface area contributed by atoms with E-state index in [0.29, 0.717) is 19.3 Å². The number of carbonyl (C=O) groups is 3. The zero-order chi connectivity index (χ0) is 38.7. The van der Waals surface area contributed by atoms with Crippen LogP contribution in [-0.2, 0) is 28.6 Å². The molecule has 0 aromatic carbocycles. The van der Waals surface area contributed by atoms with E-state index >= 15 is 0 Å². The Labute approximate surface area is 328 Å². The molecule has 0 aliphatic rings. The number of esters is 3. The Morgan fingerprint density at radius 3 is 1.11 bits per heavy atom. The van der Waals surface area contributed by atoms with Crippen molar-refractivity contribution in [2.45, 2.75) is 245 Å². The van der Waals surface area contributed by atoms with Gasteiger partial charge in [0.05, 0.1) is 0 Å². The molecular formula is C47H86O6. The molecular weight excluding hydrogens is 661 g/mol. The first-order valence-corrected chi connectivity index (χ1v) is 22.8. The molecule has 0 saturated heterocycles. The Morgan fingerprint density at radius 1 is 0.377 bits per heavy atom. The molecule has 0 fully saturated rings. The topological polar surface area (TPSA) is 78.9 Å². The van der Waals surface area contributed by atoms with Crippen molar-refractivity contribution < 1.29 is 28.6 Å². The van der Waals surface area contributed by atoms with E-state index in [-0.39, 0.29) is 31.1 Å². The number of hydrogen-bond donors (Lipinski definition) is 0. The molecule has 0 aromatic rings. The van der Waals surface area contributed by atoms with Crippen LogP contribution in [0.15, 0.2) is 24.3 Å². The van der Waals surface area contributed by atoms with Crippen LogP contribution >= 0.6 is 0 Å². The predicted octanol–water partition coefficient (Wildman–Crippen LogP) is 14.4. The van der Waals surface area contributed by atoms with Crippen LogP contribution in [-0.4, -0.2) is 37.2 Å². The molecule has 0 radical (unpaired) electrons. The summed E-state index contributed by atoms with van der Waals surface area (Å²) in [5.41, 5.74) is 0. The summed E-state index contributed by atoms with van der Waals surface area (Å²) < 4.78 is 16.6. The van der Waals surface area contributed by atoms with E-state index in [4.69, 9.17) is 14.2 Å². The van der Waals surface area contributed by atoms with Gasteiger partial charge in [-0.2, -0.15) is 0 Å². The lowest BCUT2D eigenvalue weighted by molar-refractivity contribution is -0.167. The summed E-state index contributed by atoms with van der Waals surface area (Å²) in [5, 5.41) is 0. The van der Waals surface area contributed by atoms with E-state index < -0.39 is 6.10 Å². The molecule has 1 atom stereocenters. The first-order valence-electron chi connectivity index (χ1n) is 22.8. The summed E-state index contributed by atoms with van der Waals surface area (Å²) >= 11 is 0. The third-order valence-electron chi connectivity index (χ3n) is 9.94. The van der Waals surface area contributed by atoms with E-state index in [1.54, 1.807) is 0 Å². The molecule has 0 aliphatic carbocycles. The minimum Gasteiger partial charge on any atom is -0.462 e. The van der Waals surface area contributed by atoms with Crippen LogP contribution in [0.1, 0.15) is 239 Å². The van der Waals surface area contributed by atoms with Gasteiger partial charge in [-0.05, 0) is 44.9 Å². The van der Waals surface area contributed by atoms with Crippen molar-refractivity contribution in [1.29, 1.82) is 0 Å². The average molecular weight is 747 g/mol. The van der Waals surface area contributed by atoms with E-state index in [1.165, 1.54) is 103 Å². The van der Waals surface area contributed by atoms with Crippen LogP contribution in [0, 0.1) is 0 Å². The highest BCUT2D eigenvalue weighted by atomic mass is 16.6. The minimum atomic E-state index is -0.769. The Balaban J connectivity index is 4.18. The van der Waals surface area contributed by atoms with Gasteiger partial charge in [-0.1, -0.05) is 199 Å². The molecule has 310 valence electrons. The van der Waals surface area contributed by atoms with Crippen LogP contribution in [0.5, 0.6) is 0 Å². The first kappa shape index (κ1) is 50.9. The van der Waals surface area contributed by atoms with Gasteiger partial charge in [0.25, 0.3) is 0 Å². The van der Waals surface area contributed by atoms with E-state index in [9.17, 15) is 14.4 Å². The van der Waals surface area contributed by atoms with E-state index in [0.717, 1.165) is 96.3 Å². The molecule has 0 saturated carbocycles. The van der Waals surface area contributed by atoms with Crippen LogP contribution in [0.4, 0.5) is 0 Å². The SMILES string of the molecule is CCC/C=C\C/C=C\CCCCCCCC(=O)OC(COC(=O)CCCCCCC)COC(=O)CCCCCCCCCCCCCCCCCCC. The highest BCUT2D eigenvalue weighted by molar-refractivity contribution is 5.71. The maximum absolute atomic E-state index is 12.6. The molecule has 6 nitrogen and oxygen atoms in total. The number of allylic oxidation sites excluding steroid dienone is 4. The molecule has 0 aliphatic heterocycles. The smallest absolute Gasteiger partial charge is 0.306 e. The van der Waals surface area contributed by atoms with Crippen molar-refractivity contribution in [3.63, 3.8) is 0 Å². The predicted molar refractivity (Wildman–Crippen MR) is 224 cm³/mol. The zero-order valence-electron chi connectivity index (χ0n) is 35.3. The van der Waals surface area contributed by atoms with Gasteiger partial charge < -0.3 is 14.2 Å². The normalized spacial score (nSPS) is 12.1. The average Bonchev–Trinajstić information content (AvgIpc) is 3.15. The number of unbranched alkanes of at least 4 members (excludes halogenated alkanes) is 26. The molecule has 53 heavy (non-hydrogen) atoms. The Bertz CT molecular complexity index is 865. The highest BCUT2D eigenvalue weighted by Crippen LogP contribution is 2.15. The number of carbonyl (C=O) groups excluding carboxylic acids is 3. The molecule has 0 bridgehead atoms. The lowest BCUT2D eigenvalue weighted by Gasteiger charge is -2.18. The lowest BCUT2D eigenvalue weighted by Crippen LogP contribution is -2.30. The van der Waals surface area contributed by atoms with Crippen molar-refractivity contribution in [3.8, 4) is 0 Å². The summed E-state index contributed by atoms with van der Waals surface area (Å²) in [6.07, 6.45) is 46.2. The monoisotopic (exact) mass is 747 g/mol. The van der Waals surface area contributed by atoms with Gasteiger partial charge in [0.2, 0.25) is 0 Å². The molecule has 0 amide bonds. The summed E-state index contributed by atoms with van der Waals surface area (Å²) in [6.45, 7) is 6.49. The summed E-state index contributed by atoms with van der Waals surface area (Å²) in [5.74, 6) is -0.897. The van der Waals surface area contributed by atoms with Gasteiger partial charge in [0, 0.05) is 19.3 Å². The third kappa shape index (κ3) is 40.9. The number of hydrogen-bond acceptors (Lipinski definition) is 6. The molecule has 0 spiro atoms. The molecule has 0 rings (SSSR count). The molecule has 0 N–H and O–H groups in total. The number of rotatable bonds is 41. The second kappa shape index (κ2) is 42.6. The Morgan fingerprint density at radius 2 is 0.717 bits per heavy atom. The fourth-order valence-electron chi connectivity index (χ4n) is 6.48. The van der Waals surface area contributed by atoms with E-state index in [1.807, 2.05) is 0 Å². The van der Waals surface area contributed by atoms with Crippen molar-refractivity contribution in [1.82, 2.24) is 0 Å². The Kier molecular flexibility index (Phi) is 40.9. The number of ether oxygens (including phenoxy) is 3. The van der Waals surface area contributed by atoms with Crippen LogP contribution < -0.4 is 0 Å². The largest absolute Gasteiger partial charge is 0.462 e. The maximum atomic E-state index is 12.6. The van der Waals surface area contributed by atoms with Gasteiger partial charge in [-0.15, -0.1) is 0 Å². The summed E-state index contributed by atoms with van der Waals surface area (Å²) in [6, 6.07) is 0. The van der Waals surface area contributed by atoms with E-state index in [2.05, 4.69) is 45.1 Å². The molecule has 0 aromatic heterocycles. The molecule has 0 heterocycles. The van der Waals surface area contributed by atoms with Gasteiger partial charge >= 0.3 is 17.9 Å². The molecule has 1 unspecified atom stereocenters. The second-order valence-corrected chi connectivity index (χ2v) is 15.3. The van der Waals surface area contributed by atoms with Crippen molar-refractivity contribution in [2.24, 2.45) is 0 Å². The lowest BCUT2D eigenvalue weighted by atomic mass is 10.0. The fourth-order valence-corrected chi connectivity index (χ4v) is 6.48. The second-order valence-electron chi connectivity index (χ2n) is 15.3. The Hall–Kier alpha value is -2.11. The van der Waals surface area contributed by atoms with Crippen molar-refractivity contribution >= 4 is 17.9 Å². The van der Waals surface area contributed by atoms with Crippen LogP contribution in [0.3, 0.4) is 0 Å². The standard InChI is InChI=1S/C47H86O6/c1-4-7-10-13-15-17-19-21-22-23-24-26-27-29-31-34-37-40-46(49)52-43-44(42-51-45(48)39-36-33-12-9-6-3)53-47(50)41-38-35-32-30-28-25-20-18-16-14-11-8-5-2/h11,14,18,20,44H,4-10,12-13,15-17,19,21-43H2,1-3H3/b14-11-,20-18-. The van der Waals surface area contributed by atoms with Crippen molar-refractivity contribution in [3.05, 3.63) is 24.3 Å². The zero-order valence-corrected chi connectivity index (χ0v) is 35.3. The van der Waals surface area contributed by atoms with Gasteiger partial charge in [0.1, 0.15) is 13.2 Å². The first-order chi connectivity index (χ1) is 26.0. The maximum Gasteiger partial charge on any atom is 0.306 e. The van der Waals surface area contributed by atoms with Gasteiger partial charge in [-0.3, -0.25) is 14.4 Å². The fraction of sp³-hybridized carbons (Fsp3) is 0.851. The van der Waals surface area contributed by atoms with Crippen molar-refractivity contribution in [2.75, 3.05) is 13.2 Å². The van der Waals surface area contributed by atoms with Crippen LogP contribution in [0.2, 0.25) is 0 Å². The highest BCUT2D eigenvalue weighted by Gasteiger charge is 2.19. The summed E-state index contributed by atoms with van der Waals surface area (Å²) in [4.78, 5) is 37.5. The van der Waals surface area contributed by atoms with Gasteiger partial charge in [-0.25, -0.2) is 0 Å². The molecule has 6 heteroatoms. The van der Waals surface area contributed by atoms with Gasteiger partial charge in [0.15, 0.2) is 6.10 Å². The quantitative estimate of drug-likeness (QED) is 0.0268. The summed E-state index contributed by atoms with van der Waals surface area (Å²) in [7, 11) is 0. The minimum absolute atomic E-state index is 0.0742.